The standard InChI is InChI=1S/C30H33F2N3O/c31-24-10-8-23(9-11-24)27-7-4-16-35(29-19-25(32)12-13-28(27)29)30(36)21-34-17-14-26(15-18-34)33-20-22-5-2-1-3-6-22/h1-3,5-6,8-13,19,26-27,33H,4,7,14-18,20-21H2. The predicted molar refractivity (Wildman–Crippen MR) is 139 cm³/mol. The van der Waals surface area contributed by atoms with Crippen LogP contribution in [-0.4, -0.2) is 43.0 Å². The van der Waals surface area contributed by atoms with E-state index in [4.69, 9.17) is 0 Å². The Morgan fingerprint density at radius 3 is 2.33 bits per heavy atom. The van der Waals surface area contributed by atoms with Crippen LogP contribution in [0.5, 0.6) is 0 Å². The molecule has 1 amide bonds. The maximum absolute atomic E-state index is 14.3. The number of benzene rings is 3. The molecule has 0 spiro atoms. The van der Waals surface area contributed by atoms with Crippen molar-refractivity contribution >= 4 is 11.6 Å². The van der Waals surface area contributed by atoms with Gasteiger partial charge in [0.25, 0.3) is 0 Å². The topological polar surface area (TPSA) is 35.6 Å². The number of rotatable bonds is 6. The molecule has 2 aliphatic rings. The van der Waals surface area contributed by atoms with Crippen molar-refractivity contribution in [3.63, 3.8) is 0 Å². The van der Waals surface area contributed by atoms with E-state index in [-0.39, 0.29) is 23.5 Å². The lowest BCUT2D eigenvalue weighted by Crippen LogP contribution is -2.47. The molecular weight excluding hydrogens is 456 g/mol. The molecule has 0 bridgehead atoms. The number of nitrogens with one attached hydrogen (secondary N) is 1. The van der Waals surface area contributed by atoms with Crippen molar-refractivity contribution in [2.75, 3.05) is 31.1 Å². The Morgan fingerprint density at radius 2 is 1.58 bits per heavy atom. The summed E-state index contributed by atoms with van der Waals surface area (Å²) < 4.78 is 27.8. The molecule has 2 aliphatic heterocycles. The molecule has 1 saturated heterocycles. The molecule has 0 aromatic heterocycles. The van der Waals surface area contributed by atoms with Crippen LogP contribution >= 0.6 is 0 Å². The number of carbonyl (C=O) groups is 1. The van der Waals surface area contributed by atoms with Gasteiger partial charge < -0.3 is 10.2 Å². The largest absolute Gasteiger partial charge is 0.311 e. The van der Waals surface area contributed by atoms with Crippen molar-refractivity contribution in [3.8, 4) is 0 Å². The molecule has 188 valence electrons. The van der Waals surface area contributed by atoms with Crippen LogP contribution in [0.4, 0.5) is 14.5 Å². The molecule has 1 fully saturated rings. The maximum atomic E-state index is 14.3. The number of piperidine rings is 1. The summed E-state index contributed by atoms with van der Waals surface area (Å²) >= 11 is 0. The van der Waals surface area contributed by atoms with Crippen molar-refractivity contribution in [2.45, 2.75) is 44.2 Å². The quantitative estimate of drug-likeness (QED) is 0.498. The number of amides is 1. The molecule has 1 unspecified atom stereocenters. The van der Waals surface area contributed by atoms with Crippen LogP contribution in [0.25, 0.3) is 0 Å². The number of likely N-dealkylation sites (tertiary alicyclic amines) is 1. The fourth-order valence-electron chi connectivity index (χ4n) is 5.50. The van der Waals surface area contributed by atoms with Crippen molar-refractivity contribution in [3.05, 3.63) is 101 Å². The van der Waals surface area contributed by atoms with Gasteiger partial charge in [-0.15, -0.1) is 0 Å². The fraction of sp³-hybridized carbons (Fsp3) is 0.367. The van der Waals surface area contributed by atoms with Gasteiger partial charge in [0.1, 0.15) is 11.6 Å². The molecule has 3 aromatic rings. The second-order valence-corrected chi connectivity index (χ2v) is 9.91. The van der Waals surface area contributed by atoms with E-state index < -0.39 is 0 Å². The Hall–Kier alpha value is -3.09. The van der Waals surface area contributed by atoms with Crippen molar-refractivity contribution in [1.29, 1.82) is 0 Å². The predicted octanol–water partition coefficient (Wildman–Crippen LogP) is 5.48. The maximum Gasteiger partial charge on any atom is 0.241 e. The van der Waals surface area contributed by atoms with Gasteiger partial charge in [0.05, 0.1) is 12.2 Å². The van der Waals surface area contributed by atoms with Gasteiger partial charge in [0, 0.05) is 38.1 Å². The zero-order valence-corrected chi connectivity index (χ0v) is 20.5. The van der Waals surface area contributed by atoms with Crippen molar-refractivity contribution in [2.24, 2.45) is 0 Å². The summed E-state index contributed by atoms with van der Waals surface area (Å²) in [5.41, 5.74) is 3.84. The van der Waals surface area contributed by atoms with E-state index in [2.05, 4.69) is 34.5 Å². The molecular formula is C30H33F2N3O. The lowest BCUT2D eigenvalue weighted by molar-refractivity contribution is -0.120. The molecule has 0 radical (unpaired) electrons. The number of halogens is 2. The molecule has 6 heteroatoms. The van der Waals surface area contributed by atoms with Crippen molar-refractivity contribution in [1.82, 2.24) is 10.2 Å². The van der Waals surface area contributed by atoms with Crippen LogP contribution in [-0.2, 0) is 11.3 Å². The van der Waals surface area contributed by atoms with Crippen LogP contribution in [0.3, 0.4) is 0 Å². The molecule has 0 aliphatic carbocycles. The van der Waals surface area contributed by atoms with E-state index in [1.54, 1.807) is 23.1 Å². The first-order valence-electron chi connectivity index (χ1n) is 12.9. The van der Waals surface area contributed by atoms with Crippen LogP contribution < -0.4 is 10.2 Å². The zero-order valence-electron chi connectivity index (χ0n) is 20.5. The third-order valence-corrected chi connectivity index (χ3v) is 7.49. The molecule has 5 rings (SSSR count). The minimum Gasteiger partial charge on any atom is -0.311 e. The zero-order chi connectivity index (χ0) is 24.9. The van der Waals surface area contributed by atoms with Gasteiger partial charge in [0.15, 0.2) is 0 Å². The third-order valence-electron chi connectivity index (χ3n) is 7.49. The van der Waals surface area contributed by atoms with Gasteiger partial charge in [-0.25, -0.2) is 8.78 Å². The summed E-state index contributed by atoms with van der Waals surface area (Å²) in [4.78, 5) is 17.4. The number of nitrogens with zero attached hydrogens (tertiary/aromatic N) is 2. The Kier molecular flexibility index (Phi) is 7.73. The lowest BCUT2D eigenvalue weighted by atomic mass is 9.87. The first-order chi connectivity index (χ1) is 17.6. The van der Waals surface area contributed by atoms with Gasteiger partial charge in [-0.05, 0) is 66.6 Å². The van der Waals surface area contributed by atoms with E-state index in [0.717, 1.165) is 56.4 Å². The Morgan fingerprint density at radius 1 is 0.861 bits per heavy atom. The van der Waals surface area contributed by atoms with E-state index in [0.29, 0.717) is 24.8 Å². The summed E-state index contributed by atoms with van der Waals surface area (Å²) in [7, 11) is 0. The summed E-state index contributed by atoms with van der Waals surface area (Å²) in [6.07, 6.45) is 3.62. The van der Waals surface area contributed by atoms with Crippen LogP contribution in [0.1, 0.15) is 48.3 Å². The Bertz CT molecular complexity index is 1160. The minimum atomic E-state index is -0.350. The summed E-state index contributed by atoms with van der Waals surface area (Å²) in [5, 5.41) is 3.64. The lowest BCUT2D eigenvalue weighted by Gasteiger charge is -2.33. The molecule has 4 nitrogen and oxygen atoms in total. The van der Waals surface area contributed by atoms with Gasteiger partial charge in [-0.3, -0.25) is 9.69 Å². The second kappa shape index (κ2) is 11.3. The van der Waals surface area contributed by atoms with Crippen LogP contribution in [0.15, 0.2) is 72.8 Å². The average Bonchev–Trinajstić information content (AvgIpc) is 3.09. The number of hydrogen-bond acceptors (Lipinski definition) is 3. The highest BCUT2D eigenvalue weighted by atomic mass is 19.1. The first-order valence-corrected chi connectivity index (χ1v) is 12.9. The molecule has 1 atom stereocenters. The Balaban J connectivity index is 1.23. The van der Waals surface area contributed by atoms with Gasteiger partial charge in [-0.1, -0.05) is 48.5 Å². The normalized spacial score (nSPS) is 19.1. The summed E-state index contributed by atoms with van der Waals surface area (Å²) in [5.74, 6) is -0.609. The number of fused-ring (bicyclic) bond motifs is 1. The van der Waals surface area contributed by atoms with E-state index in [1.165, 1.54) is 29.8 Å². The SMILES string of the molecule is O=C(CN1CCC(NCc2ccccc2)CC1)N1CCCC(c2ccc(F)cc2)c2ccc(F)cc21. The number of carbonyl (C=O) groups excluding carboxylic acids is 1. The minimum absolute atomic E-state index is 0.00503. The highest BCUT2D eigenvalue weighted by Crippen LogP contribution is 2.39. The number of hydrogen-bond donors (Lipinski definition) is 1. The molecule has 0 saturated carbocycles. The highest BCUT2D eigenvalue weighted by Gasteiger charge is 2.29. The monoisotopic (exact) mass is 489 g/mol. The highest BCUT2D eigenvalue weighted by molar-refractivity contribution is 5.96. The molecule has 1 N–H and O–H groups in total. The van der Waals surface area contributed by atoms with Gasteiger partial charge in [0.2, 0.25) is 5.91 Å². The Labute approximate surface area is 211 Å². The molecule has 36 heavy (non-hydrogen) atoms. The summed E-state index contributed by atoms with van der Waals surface area (Å²) in [6.45, 7) is 3.47. The van der Waals surface area contributed by atoms with E-state index in [1.807, 2.05) is 6.07 Å². The second-order valence-electron chi connectivity index (χ2n) is 9.91. The van der Waals surface area contributed by atoms with E-state index in [9.17, 15) is 13.6 Å². The third kappa shape index (κ3) is 5.82. The van der Waals surface area contributed by atoms with E-state index >= 15 is 0 Å². The number of anilines is 1. The smallest absolute Gasteiger partial charge is 0.241 e. The van der Waals surface area contributed by atoms with Crippen LogP contribution in [0.2, 0.25) is 0 Å². The first kappa shape index (κ1) is 24.6. The van der Waals surface area contributed by atoms with Crippen LogP contribution in [0, 0.1) is 11.6 Å². The van der Waals surface area contributed by atoms with Gasteiger partial charge >= 0.3 is 0 Å². The average molecular weight is 490 g/mol. The molecule has 2 heterocycles. The van der Waals surface area contributed by atoms with Gasteiger partial charge in [-0.2, -0.15) is 0 Å². The summed E-state index contributed by atoms with van der Waals surface area (Å²) in [6, 6.07) is 22.1. The van der Waals surface area contributed by atoms with Crippen molar-refractivity contribution < 1.29 is 13.6 Å². The fourth-order valence-corrected chi connectivity index (χ4v) is 5.50. The molecule has 3 aromatic carbocycles.